The number of rotatable bonds is 6. The minimum atomic E-state index is -0.970. The lowest BCUT2D eigenvalue weighted by Gasteiger charge is -2.24. The van der Waals surface area contributed by atoms with Gasteiger partial charge in [-0.1, -0.05) is 44.2 Å². The number of carboxylic acid groups (broad SMARTS) is 1. The monoisotopic (exact) mass is 304 g/mol. The number of carbonyl (C=O) groups excluding carboxylic acids is 1. The number of carbonyl (C=O) groups is 2. The lowest BCUT2D eigenvalue weighted by molar-refractivity contribution is -0.123. The van der Waals surface area contributed by atoms with E-state index in [-0.39, 0.29) is 11.5 Å². The summed E-state index contributed by atoms with van der Waals surface area (Å²) in [6.07, 6.45) is 6.84. The Kier molecular flexibility index (Phi) is 5.95. The maximum absolute atomic E-state index is 12.1. The summed E-state index contributed by atoms with van der Waals surface area (Å²) in [6.45, 7) is 0.304. The zero-order chi connectivity index (χ0) is 15.9. The molecule has 22 heavy (non-hydrogen) atoms. The van der Waals surface area contributed by atoms with Crippen molar-refractivity contribution in [3.8, 4) is 0 Å². The first-order valence-corrected chi connectivity index (χ1v) is 7.92. The molecule has 1 aliphatic carbocycles. The molecular weight excluding hydrogens is 280 g/mol. The summed E-state index contributed by atoms with van der Waals surface area (Å²) in [5.74, 6) is -0.571. The molecule has 2 rings (SSSR count). The van der Waals surface area contributed by atoms with E-state index >= 15 is 0 Å². The van der Waals surface area contributed by atoms with E-state index in [0.29, 0.717) is 12.5 Å². The number of aromatic carboxylic acids is 1. The van der Waals surface area contributed by atoms with Gasteiger partial charge in [-0.15, -0.1) is 0 Å². The summed E-state index contributed by atoms with van der Waals surface area (Å²) in [6, 6.07) is 6.08. The average Bonchev–Trinajstić information content (AvgIpc) is 2.53. The average molecular weight is 304 g/mol. The number of amides is 1. The van der Waals surface area contributed by atoms with Gasteiger partial charge < -0.3 is 16.2 Å². The number of hydrogen-bond donors (Lipinski definition) is 3. The fourth-order valence-electron chi connectivity index (χ4n) is 3.02. The van der Waals surface area contributed by atoms with Gasteiger partial charge in [0, 0.05) is 6.54 Å². The molecule has 1 amide bonds. The molecule has 1 fully saturated rings. The second kappa shape index (κ2) is 7.94. The summed E-state index contributed by atoms with van der Waals surface area (Å²) >= 11 is 0. The lowest BCUT2D eigenvalue weighted by atomic mass is 9.85. The maximum Gasteiger partial charge on any atom is 0.335 e. The van der Waals surface area contributed by atoms with E-state index in [9.17, 15) is 9.59 Å². The van der Waals surface area contributed by atoms with Gasteiger partial charge in [0.25, 0.3) is 0 Å². The summed E-state index contributed by atoms with van der Waals surface area (Å²) in [5, 5.41) is 11.7. The molecule has 0 spiro atoms. The highest BCUT2D eigenvalue weighted by molar-refractivity contribution is 5.87. The quantitative estimate of drug-likeness (QED) is 0.752. The molecule has 0 aliphatic heterocycles. The highest BCUT2D eigenvalue weighted by atomic mass is 16.4. The molecule has 120 valence electrons. The standard InChI is InChI=1S/C17H24N2O3/c18-15(10-12-5-2-1-3-6-12)16(20)19-11-13-7-4-8-14(9-13)17(21)22/h4,7-9,12,15H,1-3,5-6,10-11,18H2,(H,19,20)(H,21,22). The van der Waals surface area contributed by atoms with Crippen molar-refractivity contribution in [2.75, 3.05) is 0 Å². The molecule has 0 aromatic heterocycles. The van der Waals surface area contributed by atoms with Crippen LogP contribution in [0.5, 0.6) is 0 Å². The van der Waals surface area contributed by atoms with Crippen LogP contribution in [0.3, 0.4) is 0 Å². The van der Waals surface area contributed by atoms with Crippen molar-refractivity contribution in [1.82, 2.24) is 5.32 Å². The first-order valence-electron chi connectivity index (χ1n) is 7.92. The van der Waals surface area contributed by atoms with Crippen LogP contribution in [0.15, 0.2) is 24.3 Å². The minimum absolute atomic E-state index is 0.161. The summed E-state index contributed by atoms with van der Waals surface area (Å²) < 4.78 is 0. The van der Waals surface area contributed by atoms with E-state index in [1.807, 2.05) is 0 Å². The second-order valence-corrected chi connectivity index (χ2v) is 6.07. The molecule has 0 saturated heterocycles. The van der Waals surface area contributed by atoms with Crippen LogP contribution >= 0.6 is 0 Å². The van der Waals surface area contributed by atoms with Crippen molar-refractivity contribution in [3.05, 3.63) is 35.4 Å². The third-order valence-electron chi connectivity index (χ3n) is 4.29. The van der Waals surface area contributed by atoms with Crippen LogP contribution < -0.4 is 11.1 Å². The smallest absolute Gasteiger partial charge is 0.335 e. The highest BCUT2D eigenvalue weighted by Gasteiger charge is 2.21. The Labute approximate surface area is 130 Å². The van der Waals surface area contributed by atoms with Crippen LogP contribution in [0.1, 0.15) is 54.4 Å². The topological polar surface area (TPSA) is 92.4 Å². The molecule has 1 aromatic rings. The van der Waals surface area contributed by atoms with Gasteiger partial charge in [-0.3, -0.25) is 4.79 Å². The summed E-state index contributed by atoms with van der Waals surface area (Å²) in [4.78, 5) is 23.0. The zero-order valence-electron chi connectivity index (χ0n) is 12.8. The van der Waals surface area contributed by atoms with Crippen molar-refractivity contribution >= 4 is 11.9 Å². The predicted octanol–water partition coefficient (Wildman–Crippen LogP) is 2.30. The van der Waals surface area contributed by atoms with Gasteiger partial charge in [-0.2, -0.15) is 0 Å². The Morgan fingerprint density at radius 1 is 1.27 bits per heavy atom. The molecule has 1 atom stereocenters. The van der Waals surface area contributed by atoms with Gasteiger partial charge in [-0.25, -0.2) is 4.79 Å². The molecule has 1 saturated carbocycles. The number of carboxylic acids is 1. The van der Waals surface area contributed by atoms with Crippen molar-refractivity contribution in [1.29, 1.82) is 0 Å². The number of nitrogens with one attached hydrogen (secondary N) is 1. The number of hydrogen-bond acceptors (Lipinski definition) is 3. The van der Waals surface area contributed by atoms with Crippen LogP contribution in [0.2, 0.25) is 0 Å². The molecular formula is C17H24N2O3. The third-order valence-corrected chi connectivity index (χ3v) is 4.29. The number of benzene rings is 1. The van der Waals surface area contributed by atoms with E-state index in [4.69, 9.17) is 10.8 Å². The predicted molar refractivity (Wildman–Crippen MR) is 84.4 cm³/mol. The van der Waals surface area contributed by atoms with Crippen molar-refractivity contribution < 1.29 is 14.7 Å². The fourth-order valence-corrected chi connectivity index (χ4v) is 3.02. The largest absolute Gasteiger partial charge is 0.478 e. The van der Waals surface area contributed by atoms with E-state index in [0.717, 1.165) is 12.0 Å². The Balaban J connectivity index is 1.81. The van der Waals surface area contributed by atoms with Gasteiger partial charge >= 0.3 is 5.97 Å². The molecule has 1 aromatic carbocycles. The van der Waals surface area contributed by atoms with Crippen molar-refractivity contribution in [2.45, 2.75) is 51.1 Å². The molecule has 4 N–H and O–H groups in total. The molecule has 0 heterocycles. The third kappa shape index (κ3) is 4.84. The van der Waals surface area contributed by atoms with Crippen LogP contribution in [-0.4, -0.2) is 23.0 Å². The zero-order valence-corrected chi connectivity index (χ0v) is 12.8. The SMILES string of the molecule is NC(CC1CCCCC1)C(=O)NCc1cccc(C(=O)O)c1. The van der Waals surface area contributed by atoms with Crippen LogP contribution in [-0.2, 0) is 11.3 Å². The molecule has 1 aliphatic rings. The summed E-state index contributed by atoms with van der Waals surface area (Å²) in [7, 11) is 0. The first kappa shape index (κ1) is 16.5. The fraction of sp³-hybridized carbons (Fsp3) is 0.529. The molecule has 1 unspecified atom stereocenters. The van der Waals surface area contributed by atoms with Crippen molar-refractivity contribution in [3.63, 3.8) is 0 Å². The second-order valence-electron chi connectivity index (χ2n) is 6.07. The van der Waals surface area contributed by atoms with Crippen LogP contribution in [0.4, 0.5) is 0 Å². The van der Waals surface area contributed by atoms with E-state index in [1.165, 1.54) is 38.2 Å². The number of nitrogens with two attached hydrogens (primary N) is 1. The van der Waals surface area contributed by atoms with Crippen LogP contribution in [0.25, 0.3) is 0 Å². The van der Waals surface area contributed by atoms with Gasteiger partial charge in [-0.05, 0) is 30.0 Å². The Morgan fingerprint density at radius 3 is 2.68 bits per heavy atom. The molecule has 0 radical (unpaired) electrons. The lowest BCUT2D eigenvalue weighted by Crippen LogP contribution is -2.41. The Hall–Kier alpha value is -1.88. The molecule has 5 heteroatoms. The van der Waals surface area contributed by atoms with Gasteiger partial charge in [0.1, 0.15) is 0 Å². The maximum atomic E-state index is 12.1. The Morgan fingerprint density at radius 2 is 2.00 bits per heavy atom. The van der Waals surface area contributed by atoms with Gasteiger partial charge in [0.05, 0.1) is 11.6 Å². The highest BCUT2D eigenvalue weighted by Crippen LogP contribution is 2.26. The first-order chi connectivity index (χ1) is 10.6. The van der Waals surface area contributed by atoms with Gasteiger partial charge in [0.15, 0.2) is 0 Å². The van der Waals surface area contributed by atoms with Crippen LogP contribution in [0, 0.1) is 5.92 Å². The van der Waals surface area contributed by atoms with E-state index in [2.05, 4.69) is 5.32 Å². The molecule has 5 nitrogen and oxygen atoms in total. The molecule has 0 bridgehead atoms. The van der Waals surface area contributed by atoms with E-state index in [1.54, 1.807) is 18.2 Å². The van der Waals surface area contributed by atoms with E-state index < -0.39 is 12.0 Å². The van der Waals surface area contributed by atoms with Gasteiger partial charge in [0.2, 0.25) is 5.91 Å². The summed E-state index contributed by atoms with van der Waals surface area (Å²) in [5.41, 5.74) is 6.97. The van der Waals surface area contributed by atoms with Crippen molar-refractivity contribution in [2.24, 2.45) is 11.7 Å². The minimum Gasteiger partial charge on any atom is -0.478 e. The Bertz CT molecular complexity index is 524. The normalized spacial score (nSPS) is 17.0.